The van der Waals surface area contributed by atoms with E-state index in [0.29, 0.717) is 5.56 Å². The van der Waals surface area contributed by atoms with Crippen molar-refractivity contribution in [1.29, 1.82) is 0 Å². The molecule has 2 aromatic carbocycles. The van der Waals surface area contributed by atoms with Crippen LogP contribution < -0.4 is 5.73 Å². The van der Waals surface area contributed by atoms with Gasteiger partial charge in [0.25, 0.3) is 5.91 Å². The van der Waals surface area contributed by atoms with E-state index >= 15 is 0 Å². The minimum atomic E-state index is -0.834. The van der Waals surface area contributed by atoms with Gasteiger partial charge in [-0.25, -0.2) is 8.78 Å². The van der Waals surface area contributed by atoms with E-state index < -0.39 is 11.7 Å². The molecule has 2 amide bonds. The lowest BCUT2D eigenvalue weighted by Gasteiger charge is -2.29. The van der Waals surface area contributed by atoms with Crippen LogP contribution in [0, 0.1) is 11.6 Å². The molecule has 1 aliphatic carbocycles. The lowest BCUT2D eigenvalue weighted by molar-refractivity contribution is -0.133. The van der Waals surface area contributed by atoms with Crippen molar-refractivity contribution in [2.75, 3.05) is 0 Å². The summed E-state index contributed by atoms with van der Waals surface area (Å²) in [5.74, 6) is -1.92. The van der Waals surface area contributed by atoms with Crippen LogP contribution >= 0.6 is 0 Å². The van der Waals surface area contributed by atoms with Crippen LogP contribution in [0.4, 0.5) is 8.78 Å². The predicted octanol–water partition coefficient (Wildman–Crippen LogP) is 3.58. The number of benzene rings is 2. The lowest BCUT2D eigenvalue weighted by atomic mass is 10.1. The van der Waals surface area contributed by atoms with Gasteiger partial charge < -0.3 is 10.6 Å². The number of hydrogen-bond acceptors (Lipinski definition) is 2. The van der Waals surface area contributed by atoms with E-state index in [2.05, 4.69) is 0 Å². The van der Waals surface area contributed by atoms with Crippen LogP contribution in [0.3, 0.4) is 0 Å². The second-order valence-corrected chi connectivity index (χ2v) is 6.94. The van der Waals surface area contributed by atoms with Crippen LogP contribution in [0.5, 0.6) is 0 Å². The zero-order valence-corrected chi connectivity index (χ0v) is 15.0. The first kappa shape index (κ1) is 19.0. The third-order valence-corrected chi connectivity index (χ3v) is 5.00. The van der Waals surface area contributed by atoms with Crippen LogP contribution in [-0.2, 0) is 17.8 Å². The van der Waals surface area contributed by atoms with Gasteiger partial charge in [-0.15, -0.1) is 0 Å². The SMILES string of the molecule is NC(=O)c1cc(CN(C(=O)Cc2ccc(F)cc2)C2CCCC2)ccc1F. The summed E-state index contributed by atoms with van der Waals surface area (Å²) in [6.07, 6.45) is 4.11. The van der Waals surface area contributed by atoms with Gasteiger partial charge in [-0.05, 0) is 48.2 Å². The van der Waals surface area contributed by atoms with Gasteiger partial charge in [0.2, 0.25) is 5.91 Å². The van der Waals surface area contributed by atoms with Gasteiger partial charge in [-0.1, -0.05) is 31.0 Å². The number of nitrogens with two attached hydrogens (primary N) is 1. The maximum absolute atomic E-state index is 13.7. The Morgan fingerprint density at radius 3 is 2.26 bits per heavy atom. The number of halogens is 2. The smallest absolute Gasteiger partial charge is 0.251 e. The molecule has 4 nitrogen and oxygen atoms in total. The van der Waals surface area contributed by atoms with Gasteiger partial charge in [0.15, 0.2) is 0 Å². The van der Waals surface area contributed by atoms with Crippen molar-refractivity contribution < 1.29 is 18.4 Å². The van der Waals surface area contributed by atoms with Crippen molar-refractivity contribution in [3.05, 3.63) is 70.8 Å². The summed E-state index contributed by atoms with van der Waals surface area (Å²) >= 11 is 0. The molecule has 1 fully saturated rings. The monoisotopic (exact) mass is 372 g/mol. The fraction of sp³-hybridized carbons (Fsp3) is 0.333. The van der Waals surface area contributed by atoms with Crippen LogP contribution in [-0.4, -0.2) is 22.8 Å². The Balaban J connectivity index is 1.81. The largest absolute Gasteiger partial charge is 0.366 e. The maximum Gasteiger partial charge on any atom is 0.251 e. The van der Waals surface area contributed by atoms with E-state index in [1.54, 1.807) is 23.1 Å². The zero-order valence-electron chi connectivity index (χ0n) is 15.0. The normalized spacial score (nSPS) is 14.3. The molecule has 6 heteroatoms. The molecule has 0 unspecified atom stereocenters. The molecule has 0 bridgehead atoms. The summed E-state index contributed by atoms with van der Waals surface area (Å²) in [5, 5.41) is 0. The summed E-state index contributed by atoms with van der Waals surface area (Å²) in [6, 6.07) is 10.2. The molecule has 142 valence electrons. The highest BCUT2D eigenvalue weighted by Crippen LogP contribution is 2.26. The standard InChI is InChI=1S/C21H22F2N2O2/c22-16-8-5-14(6-9-16)12-20(26)25(17-3-1-2-4-17)13-15-7-10-19(23)18(11-15)21(24)27/h5-11,17H,1-4,12-13H2,(H2,24,27). The Morgan fingerprint density at radius 1 is 1.00 bits per heavy atom. The molecule has 0 saturated heterocycles. The molecule has 0 radical (unpaired) electrons. The van der Waals surface area contributed by atoms with Crippen molar-refractivity contribution >= 4 is 11.8 Å². The highest BCUT2D eigenvalue weighted by Gasteiger charge is 2.27. The molecule has 3 rings (SSSR count). The van der Waals surface area contributed by atoms with Gasteiger partial charge in [0, 0.05) is 12.6 Å². The van der Waals surface area contributed by atoms with Crippen molar-refractivity contribution in [2.24, 2.45) is 5.73 Å². The Morgan fingerprint density at radius 2 is 1.63 bits per heavy atom. The highest BCUT2D eigenvalue weighted by molar-refractivity contribution is 5.93. The third kappa shape index (κ3) is 4.70. The first-order chi connectivity index (χ1) is 12.9. The molecule has 0 atom stereocenters. The Labute approximate surface area is 157 Å². The van der Waals surface area contributed by atoms with Gasteiger partial charge in [-0.2, -0.15) is 0 Å². The molecule has 1 saturated carbocycles. The highest BCUT2D eigenvalue weighted by atomic mass is 19.1. The first-order valence-electron chi connectivity index (χ1n) is 9.06. The summed E-state index contributed by atoms with van der Waals surface area (Å²) in [6.45, 7) is 0.283. The van der Waals surface area contributed by atoms with Gasteiger partial charge in [-0.3, -0.25) is 9.59 Å². The lowest BCUT2D eigenvalue weighted by Crippen LogP contribution is -2.39. The average Bonchev–Trinajstić information content (AvgIpc) is 3.17. The number of rotatable bonds is 6. The van der Waals surface area contributed by atoms with E-state index in [9.17, 15) is 18.4 Å². The first-order valence-corrected chi connectivity index (χ1v) is 9.06. The number of nitrogens with zero attached hydrogens (tertiary/aromatic N) is 1. The number of primary amides is 1. The molecular formula is C21H22F2N2O2. The van der Waals surface area contributed by atoms with Crippen LogP contribution in [0.2, 0.25) is 0 Å². The Bertz CT molecular complexity index is 831. The van der Waals surface area contributed by atoms with Crippen molar-refractivity contribution in [1.82, 2.24) is 4.90 Å². The molecule has 2 aromatic rings. The van der Waals surface area contributed by atoms with E-state index in [4.69, 9.17) is 5.73 Å². The molecule has 27 heavy (non-hydrogen) atoms. The number of hydrogen-bond donors (Lipinski definition) is 1. The summed E-state index contributed by atoms with van der Waals surface area (Å²) < 4.78 is 26.8. The summed E-state index contributed by atoms with van der Waals surface area (Å²) in [4.78, 5) is 26.1. The topological polar surface area (TPSA) is 63.4 Å². The summed E-state index contributed by atoms with van der Waals surface area (Å²) in [7, 11) is 0. The Kier molecular flexibility index (Phi) is 5.84. The van der Waals surface area contributed by atoms with E-state index in [0.717, 1.165) is 31.2 Å². The zero-order chi connectivity index (χ0) is 19.4. The fourth-order valence-corrected chi connectivity index (χ4v) is 3.57. The van der Waals surface area contributed by atoms with Crippen LogP contribution in [0.1, 0.15) is 47.2 Å². The fourth-order valence-electron chi connectivity index (χ4n) is 3.57. The van der Waals surface area contributed by atoms with Crippen LogP contribution in [0.15, 0.2) is 42.5 Å². The number of carbonyl (C=O) groups is 2. The van der Waals surface area contributed by atoms with Gasteiger partial charge >= 0.3 is 0 Å². The Hall–Kier alpha value is -2.76. The molecule has 2 N–H and O–H groups in total. The minimum absolute atomic E-state index is 0.0709. The van der Waals surface area contributed by atoms with Crippen LogP contribution in [0.25, 0.3) is 0 Å². The van der Waals surface area contributed by atoms with E-state index in [1.807, 2.05) is 0 Å². The minimum Gasteiger partial charge on any atom is -0.366 e. The summed E-state index contributed by atoms with van der Waals surface area (Å²) in [5.41, 5.74) is 6.44. The average molecular weight is 372 g/mol. The molecule has 1 aliphatic rings. The van der Waals surface area contributed by atoms with Gasteiger partial charge in [0.05, 0.1) is 12.0 Å². The molecule has 0 aliphatic heterocycles. The van der Waals surface area contributed by atoms with Gasteiger partial charge in [0.1, 0.15) is 11.6 Å². The van der Waals surface area contributed by atoms with Crippen molar-refractivity contribution in [2.45, 2.75) is 44.7 Å². The maximum atomic E-state index is 13.7. The van der Waals surface area contributed by atoms with Crippen molar-refractivity contribution in [3.63, 3.8) is 0 Å². The molecule has 0 spiro atoms. The molecule has 0 heterocycles. The quantitative estimate of drug-likeness (QED) is 0.842. The number of carbonyl (C=O) groups excluding carboxylic acids is 2. The van der Waals surface area contributed by atoms with Crippen molar-refractivity contribution in [3.8, 4) is 0 Å². The molecular weight excluding hydrogens is 350 g/mol. The third-order valence-electron chi connectivity index (χ3n) is 5.00. The number of amides is 2. The molecule has 0 aromatic heterocycles. The van der Waals surface area contributed by atoms with E-state index in [-0.39, 0.29) is 36.3 Å². The second kappa shape index (κ2) is 8.29. The predicted molar refractivity (Wildman–Crippen MR) is 97.8 cm³/mol. The second-order valence-electron chi connectivity index (χ2n) is 6.94. The van der Waals surface area contributed by atoms with E-state index in [1.165, 1.54) is 24.3 Å².